The molecule has 98 valence electrons. The molecule has 2 amide bonds. The Labute approximate surface area is 116 Å². The minimum absolute atomic E-state index is 0.00141. The van der Waals surface area contributed by atoms with Crippen LogP contribution in [-0.4, -0.2) is 32.2 Å². The van der Waals surface area contributed by atoms with E-state index < -0.39 is 0 Å². The number of amides is 2. The number of anilines is 1. The van der Waals surface area contributed by atoms with Gasteiger partial charge in [0.1, 0.15) is 0 Å². The monoisotopic (exact) mass is 311 g/mol. The van der Waals surface area contributed by atoms with Crippen molar-refractivity contribution in [3.63, 3.8) is 0 Å². The average Bonchev–Trinajstić information content (AvgIpc) is 2.68. The summed E-state index contributed by atoms with van der Waals surface area (Å²) in [7, 11) is 1.92. The molecule has 18 heavy (non-hydrogen) atoms. The first-order valence-electron chi connectivity index (χ1n) is 6.10. The van der Waals surface area contributed by atoms with E-state index in [4.69, 9.17) is 0 Å². The van der Waals surface area contributed by atoms with Crippen LogP contribution in [0.15, 0.2) is 22.7 Å². The fraction of sp³-hybridized carbons (Fsp3) is 0.462. The maximum atomic E-state index is 12.0. The molecule has 0 radical (unpaired) electrons. The van der Waals surface area contributed by atoms with Gasteiger partial charge >= 0.3 is 6.03 Å². The molecule has 1 unspecified atom stereocenters. The minimum atomic E-state index is 0.00141. The molecule has 1 saturated heterocycles. The van der Waals surface area contributed by atoms with Crippen molar-refractivity contribution in [3.8, 4) is 0 Å². The van der Waals surface area contributed by atoms with Crippen LogP contribution >= 0.6 is 15.9 Å². The largest absolute Gasteiger partial charge is 0.333 e. The first-order valence-corrected chi connectivity index (χ1v) is 6.90. The molecule has 0 saturated carbocycles. The van der Waals surface area contributed by atoms with E-state index in [1.165, 1.54) is 0 Å². The quantitative estimate of drug-likeness (QED) is 0.896. The summed E-state index contributed by atoms with van der Waals surface area (Å²) in [5, 5.41) is 6.12. The van der Waals surface area contributed by atoms with Crippen LogP contribution in [0, 0.1) is 6.92 Å². The normalized spacial score (nSPS) is 19.2. The molecule has 0 aromatic heterocycles. The fourth-order valence-corrected chi connectivity index (χ4v) is 2.69. The number of rotatable bonds is 4. The van der Waals surface area contributed by atoms with Crippen molar-refractivity contribution >= 4 is 27.6 Å². The van der Waals surface area contributed by atoms with Crippen LogP contribution in [0.5, 0.6) is 0 Å². The van der Waals surface area contributed by atoms with E-state index >= 15 is 0 Å². The lowest BCUT2D eigenvalue weighted by atomic mass is 10.1. The number of aryl methyl sites for hydroxylation is 1. The van der Waals surface area contributed by atoms with Gasteiger partial charge < -0.3 is 10.6 Å². The van der Waals surface area contributed by atoms with Gasteiger partial charge in [-0.15, -0.1) is 0 Å². The minimum Gasteiger partial charge on any atom is -0.333 e. The topological polar surface area (TPSA) is 44.4 Å². The summed E-state index contributed by atoms with van der Waals surface area (Å²) in [4.78, 5) is 13.8. The van der Waals surface area contributed by atoms with Crippen molar-refractivity contribution in [3.05, 3.63) is 28.2 Å². The van der Waals surface area contributed by atoms with Crippen molar-refractivity contribution in [2.45, 2.75) is 19.4 Å². The zero-order valence-corrected chi connectivity index (χ0v) is 12.3. The zero-order valence-electron chi connectivity index (χ0n) is 10.7. The zero-order chi connectivity index (χ0) is 13.1. The van der Waals surface area contributed by atoms with Gasteiger partial charge in [-0.05, 0) is 50.7 Å². The molecule has 0 aliphatic carbocycles. The number of hydrogen-bond donors (Lipinski definition) is 2. The molecular formula is C13H18BrN3O. The van der Waals surface area contributed by atoms with E-state index in [-0.39, 0.29) is 12.1 Å². The predicted molar refractivity (Wildman–Crippen MR) is 77.1 cm³/mol. The molecule has 1 atom stereocenters. The summed E-state index contributed by atoms with van der Waals surface area (Å²) >= 11 is 3.44. The second-order valence-electron chi connectivity index (χ2n) is 4.58. The molecule has 1 aromatic rings. The van der Waals surface area contributed by atoms with Gasteiger partial charge in [0, 0.05) is 22.7 Å². The summed E-state index contributed by atoms with van der Waals surface area (Å²) < 4.78 is 1.04. The van der Waals surface area contributed by atoms with Crippen LogP contribution in [0.4, 0.5) is 10.5 Å². The van der Waals surface area contributed by atoms with Gasteiger partial charge in [0.15, 0.2) is 0 Å². The standard InChI is InChI=1S/C13H18BrN3O/c1-9-7-10(14)3-4-12(9)17-8-11(5-6-15-2)16-13(17)18/h3-4,7,11,15H,5-6,8H2,1-2H3,(H,16,18). The Bertz CT molecular complexity index is 450. The molecule has 1 heterocycles. The lowest BCUT2D eigenvalue weighted by Crippen LogP contribution is -2.30. The van der Waals surface area contributed by atoms with Gasteiger partial charge in [-0.25, -0.2) is 4.79 Å². The Balaban J connectivity index is 2.11. The molecule has 1 fully saturated rings. The summed E-state index contributed by atoms with van der Waals surface area (Å²) in [5.74, 6) is 0. The molecule has 5 heteroatoms. The molecule has 0 spiro atoms. The first kappa shape index (κ1) is 13.4. The maximum absolute atomic E-state index is 12.0. The summed E-state index contributed by atoms with van der Waals surface area (Å²) in [6.07, 6.45) is 0.953. The third-order valence-corrected chi connectivity index (χ3v) is 3.66. The highest BCUT2D eigenvalue weighted by molar-refractivity contribution is 9.10. The Hall–Kier alpha value is -1.07. The first-order chi connectivity index (χ1) is 8.61. The fourth-order valence-electron chi connectivity index (χ4n) is 2.21. The molecule has 1 aliphatic rings. The Morgan fingerprint density at radius 1 is 1.56 bits per heavy atom. The van der Waals surface area contributed by atoms with E-state index in [2.05, 4.69) is 26.6 Å². The molecule has 4 nitrogen and oxygen atoms in total. The van der Waals surface area contributed by atoms with Crippen molar-refractivity contribution in [2.75, 3.05) is 25.0 Å². The molecular weight excluding hydrogens is 294 g/mol. The smallest absolute Gasteiger partial charge is 0.322 e. The number of carbonyl (C=O) groups is 1. The second kappa shape index (κ2) is 5.71. The van der Waals surface area contributed by atoms with Crippen LogP contribution in [0.3, 0.4) is 0 Å². The van der Waals surface area contributed by atoms with Gasteiger partial charge in [-0.1, -0.05) is 15.9 Å². The maximum Gasteiger partial charge on any atom is 0.322 e. The molecule has 2 N–H and O–H groups in total. The van der Waals surface area contributed by atoms with Gasteiger partial charge in [-0.3, -0.25) is 4.90 Å². The lowest BCUT2D eigenvalue weighted by Gasteiger charge is -2.17. The Morgan fingerprint density at radius 3 is 3.00 bits per heavy atom. The van der Waals surface area contributed by atoms with E-state index in [1.807, 2.05) is 37.1 Å². The number of hydrogen-bond acceptors (Lipinski definition) is 2. The highest BCUT2D eigenvalue weighted by atomic mass is 79.9. The Morgan fingerprint density at radius 2 is 2.33 bits per heavy atom. The van der Waals surface area contributed by atoms with Crippen molar-refractivity contribution < 1.29 is 4.79 Å². The number of nitrogens with one attached hydrogen (secondary N) is 2. The predicted octanol–water partition coefficient (Wildman–Crippen LogP) is 2.27. The van der Waals surface area contributed by atoms with Crippen LogP contribution in [0.2, 0.25) is 0 Å². The molecule has 2 rings (SSSR count). The summed E-state index contributed by atoms with van der Waals surface area (Å²) in [5.41, 5.74) is 2.09. The number of urea groups is 1. The van der Waals surface area contributed by atoms with E-state index in [9.17, 15) is 4.79 Å². The second-order valence-corrected chi connectivity index (χ2v) is 5.50. The van der Waals surface area contributed by atoms with Gasteiger partial charge in [0.25, 0.3) is 0 Å². The average molecular weight is 312 g/mol. The molecule has 1 aliphatic heterocycles. The van der Waals surface area contributed by atoms with Crippen LogP contribution < -0.4 is 15.5 Å². The highest BCUT2D eigenvalue weighted by Gasteiger charge is 2.29. The number of carbonyl (C=O) groups excluding carboxylic acids is 1. The lowest BCUT2D eigenvalue weighted by molar-refractivity contribution is 0.250. The van der Waals surface area contributed by atoms with E-state index in [0.29, 0.717) is 0 Å². The number of halogens is 1. The SMILES string of the molecule is CNCCC1CN(c2ccc(Br)cc2C)C(=O)N1. The van der Waals surface area contributed by atoms with Gasteiger partial charge in [-0.2, -0.15) is 0 Å². The molecule has 0 bridgehead atoms. The summed E-state index contributed by atoms with van der Waals surface area (Å²) in [6.45, 7) is 3.68. The number of benzene rings is 1. The van der Waals surface area contributed by atoms with Gasteiger partial charge in [0.05, 0.1) is 0 Å². The number of nitrogens with zero attached hydrogens (tertiary/aromatic N) is 1. The third-order valence-electron chi connectivity index (χ3n) is 3.17. The van der Waals surface area contributed by atoms with Crippen LogP contribution in [0.25, 0.3) is 0 Å². The van der Waals surface area contributed by atoms with Crippen molar-refractivity contribution in [1.29, 1.82) is 0 Å². The van der Waals surface area contributed by atoms with Crippen molar-refractivity contribution in [1.82, 2.24) is 10.6 Å². The van der Waals surface area contributed by atoms with Gasteiger partial charge in [0.2, 0.25) is 0 Å². The highest BCUT2D eigenvalue weighted by Crippen LogP contribution is 2.26. The van der Waals surface area contributed by atoms with Crippen LogP contribution in [-0.2, 0) is 0 Å². The Kier molecular flexibility index (Phi) is 4.24. The van der Waals surface area contributed by atoms with E-state index in [0.717, 1.165) is 35.2 Å². The summed E-state index contributed by atoms with van der Waals surface area (Å²) in [6, 6.07) is 6.22. The van der Waals surface area contributed by atoms with E-state index in [1.54, 1.807) is 0 Å². The molecule has 1 aromatic carbocycles. The van der Waals surface area contributed by atoms with Crippen LogP contribution in [0.1, 0.15) is 12.0 Å². The third kappa shape index (κ3) is 2.84. The van der Waals surface area contributed by atoms with Crippen molar-refractivity contribution in [2.24, 2.45) is 0 Å².